The number of nitrogens with one attached hydrogen (secondary N) is 2. The van der Waals surface area contributed by atoms with E-state index in [4.69, 9.17) is 17.7 Å². The van der Waals surface area contributed by atoms with Crippen molar-refractivity contribution < 1.29 is 33.3 Å². The van der Waals surface area contributed by atoms with Gasteiger partial charge in [-0.2, -0.15) is 0 Å². The molecule has 0 spiro atoms. The number of anilines is 3. The SMILES string of the molecule is CC(Nc1nc(Cl)nc(Nc2ccc3c(c2)O[I-]O3)n1)C(O)c1ccccc1. The van der Waals surface area contributed by atoms with Crippen LogP contribution >= 0.6 is 11.6 Å². The molecule has 2 unspecified atom stereocenters. The van der Waals surface area contributed by atoms with Crippen LogP contribution in [0.5, 0.6) is 11.5 Å². The summed E-state index contributed by atoms with van der Waals surface area (Å²) in [6, 6.07) is 14.5. The molecule has 3 N–H and O–H groups in total. The van der Waals surface area contributed by atoms with Crippen LogP contribution in [-0.2, 0) is 0 Å². The third-order valence-corrected chi connectivity index (χ3v) is 5.49. The van der Waals surface area contributed by atoms with E-state index in [-0.39, 0.29) is 23.2 Å². The molecule has 1 aliphatic rings. The normalized spacial score (nSPS) is 14.7. The van der Waals surface area contributed by atoms with E-state index in [1.54, 1.807) is 0 Å². The molecule has 2 atom stereocenters. The summed E-state index contributed by atoms with van der Waals surface area (Å²) < 4.78 is 10.9. The number of hydrogen-bond donors (Lipinski definition) is 3. The molecule has 3 aromatic rings. The van der Waals surface area contributed by atoms with Crippen LogP contribution in [0.1, 0.15) is 18.6 Å². The van der Waals surface area contributed by atoms with Crippen LogP contribution in [-0.4, -0.2) is 26.1 Å². The second-order valence-corrected chi connectivity index (χ2v) is 7.62. The fourth-order valence-corrected chi connectivity index (χ4v) is 3.96. The molecule has 10 heteroatoms. The monoisotopic (exact) mass is 512 g/mol. The molecular weight excluding hydrogens is 497 g/mol. The van der Waals surface area contributed by atoms with Crippen molar-refractivity contribution >= 4 is 29.2 Å². The topological polar surface area (TPSA) is 101 Å². The van der Waals surface area contributed by atoms with Gasteiger partial charge >= 0.3 is 148 Å². The zero-order chi connectivity index (χ0) is 19.5. The number of fused-ring (bicyclic) bond motifs is 1. The van der Waals surface area contributed by atoms with Gasteiger partial charge in [-0.25, -0.2) is 0 Å². The third-order valence-electron chi connectivity index (χ3n) is 4.01. The van der Waals surface area contributed by atoms with E-state index in [1.165, 1.54) is 0 Å². The Labute approximate surface area is 177 Å². The maximum atomic E-state index is 10.5. The van der Waals surface area contributed by atoms with E-state index in [0.29, 0.717) is 5.75 Å². The average Bonchev–Trinajstić information content (AvgIpc) is 3.15. The molecule has 0 saturated carbocycles. The van der Waals surface area contributed by atoms with Crippen LogP contribution in [0.15, 0.2) is 48.5 Å². The van der Waals surface area contributed by atoms with Crippen LogP contribution < -0.4 is 38.8 Å². The standard InChI is InChI=1S/C18H16ClIN5O3/c1-10(15(26)11-5-3-2-4-6-11)21-17-23-16(19)24-18(25-17)22-12-7-8-13-14(9-12)28-20-27-13/h2-10,15,26H,1H3,(H2,21,22,23,24,25)/q-1. The molecule has 8 nitrogen and oxygen atoms in total. The Bertz CT molecular complexity index is 979. The number of aliphatic hydroxyl groups excluding tert-OH is 1. The summed E-state index contributed by atoms with van der Waals surface area (Å²) in [5, 5.41) is 16.7. The second kappa shape index (κ2) is 8.33. The summed E-state index contributed by atoms with van der Waals surface area (Å²) in [6.07, 6.45) is -0.731. The van der Waals surface area contributed by atoms with Crippen molar-refractivity contribution in [2.45, 2.75) is 19.1 Å². The number of aromatic nitrogens is 3. The summed E-state index contributed by atoms with van der Waals surface area (Å²) in [6.45, 7) is 1.84. The van der Waals surface area contributed by atoms with Crippen LogP contribution in [0.2, 0.25) is 5.28 Å². The Kier molecular flexibility index (Phi) is 5.64. The summed E-state index contributed by atoms with van der Waals surface area (Å²) in [5.41, 5.74) is 1.53. The van der Waals surface area contributed by atoms with E-state index in [2.05, 4.69) is 25.6 Å². The fourth-order valence-electron chi connectivity index (χ4n) is 2.61. The van der Waals surface area contributed by atoms with Crippen molar-refractivity contribution in [1.82, 2.24) is 15.0 Å². The van der Waals surface area contributed by atoms with Gasteiger partial charge in [-0.1, -0.05) is 30.3 Å². The summed E-state index contributed by atoms with van der Waals surface area (Å²) in [5.74, 6) is 1.96. The molecule has 0 radical (unpaired) electrons. The van der Waals surface area contributed by atoms with Crippen LogP contribution in [0.3, 0.4) is 0 Å². The van der Waals surface area contributed by atoms with Crippen molar-refractivity contribution in [2.24, 2.45) is 0 Å². The minimum Gasteiger partial charge on any atom is -0.0622 e. The minimum absolute atomic E-state index is 0.0352. The summed E-state index contributed by atoms with van der Waals surface area (Å²) in [4.78, 5) is 12.5. The van der Waals surface area contributed by atoms with E-state index in [9.17, 15) is 5.11 Å². The Balaban J connectivity index is 1.49. The Morgan fingerprint density at radius 3 is 2.57 bits per heavy atom. The molecule has 0 fully saturated rings. The zero-order valence-electron chi connectivity index (χ0n) is 14.6. The quantitative estimate of drug-likeness (QED) is 0.411. The van der Waals surface area contributed by atoms with Gasteiger partial charge in [0.15, 0.2) is 0 Å². The van der Waals surface area contributed by atoms with Gasteiger partial charge in [0.25, 0.3) is 0 Å². The van der Waals surface area contributed by atoms with Crippen molar-refractivity contribution in [1.29, 1.82) is 0 Å². The smallest absolute Gasteiger partial charge is 0.0622 e. The van der Waals surface area contributed by atoms with E-state index < -0.39 is 28.1 Å². The van der Waals surface area contributed by atoms with Gasteiger partial charge < -0.3 is 0 Å². The first-order chi connectivity index (χ1) is 13.6. The van der Waals surface area contributed by atoms with Crippen LogP contribution in [0.4, 0.5) is 17.6 Å². The van der Waals surface area contributed by atoms with Crippen LogP contribution in [0, 0.1) is 0 Å². The number of aliphatic hydroxyl groups is 1. The molecule has 0 aliphatic carbocycles. The van der Waals surface area contributed by atoms with E-state index in [0.717, 1.165) is 17.0 Å². The van der Waals surface area contributed by atoms with Gasteiger partial charge in [-0.3, -0.25) is 0 Å². The molecule has 1 aliphatic heterocycles. The predicted octanol–water partition coefficient (Wildman–Crippen LogP) is 0.493. The van der Waals surface area contributed by atoms with E-state index in [1.807, 2.05) is 55.5 Å². The number of hydrogen-bond acceptors (Lipinski definition) is 8. The first-order valence-electron chi connectivity index (χ1n) is 8.39. The molecule has 2 aromatic carbocycles. The first kappa shape index (κ1) is 19.0. The minimum atomic E-state index is -0.732. The molecule has 0 amide bonds. The van der Waals surface area contributed by atoms with E-state index >= 15 is 0 Å². The van der Waals surface area contributed by atoms with Gasteiger partial charge in [0.05, 0.1) is 0 Å². The number of halogens is 2. The molecule has 0 bridgehead atoms. The van der Waals surface area contributed by atoms with Gasteiger partial charge in [-0.05, 0) is 0 Å². The summed E-state index contributed by atoms with van der Waals surface area (Å²) in [7, 11) is 0. The maximum absolute atomic E-state index is 10.5. The van der Waals surface area contributed by atoms with Crippen molar-refractivity contribution in [3.63, 3.8) is 0 Å². The third kappa shape index (κ3) is 4.37. The molecule has 4 rings (SSSR count). The zero-order valence-corrected chi connectivity index (χ0v) is 17.5. The molecule has 28 heavy (non-hydrogen) atoms. The molecule has 2 heterocycles. The van der Waals surface area contributed by atoms with Gasteiger partial charge in [0.2, 0.25) is 0 Å². The molecular formula is C18H16ClIN5O3-. The van der Waals surface area contributed by atoms with Crippen molar-refractivity contribution in [2.75, 3.05) is 10.6 Å². The molecule has 1 aromatic heterocycles. The Hall–Kier alpha value is -2.37. The average molecular weight is 513 g/mol. The number of rotatable bonds is 6. The predicted molar refractivity (Wildman–Crippen MR) is 100 cm³/mol. The van der Waals surface area contributed by atoms with Gasteiger partial charge in [0, 0.05) is 0 Å². The molecule has 146 valence electrons. The second-order valence-electron chi connectivity index (χ2n) is 6.04. The number of benzene rings is 2. The van der Waals surface area contributed by atoms with Crippen LogP contribution in [0.25, 0.3) is 0 Å². The Morgan fingerprint density at radius 2 is 1.75 bits per heavy atom. The molecule has 0 saturated heterocycles. The fraction of sp³-hybridized carbons (Fsp3) is 0.167. The number of nitrogens with zero attached hydrogens (tertiary/aromatic N) is 3. The Morgan fingerprint density at radius 1 is 1.00 bits per heavy atom. The van der Waals surface area contributed by atoms with Gasteiger partial charge in [-0.15, -0.1) is 0 Å². The van der Waals surface area contributed by atoms with Gasteiger partial charge in [0.1, 0.15) is 0 Å². The first-order valence-corrected chi connectivity index (χ1v) is 10.5. The van der Waals surface area contributed by atoms with Crippen molar-refractivity contribution in [3.8, 4) is 11.5 Å². The summed E-state index contributed by atoms with van der Waals surface area (Å²) >= 11 is 5.31. The van der Waals surface area contributed by atoms with Crippen molar-refractivity contribution in [3.05, 3.63) is 59.4 Å².